The molecule has 1 aromatic carbocycles. The fraction of sp³-hybridized carbons (Fsp3) is 0.364. The van der Waals surface area contributed by atoms with E-state index in [-0.39, 0.29) is 6.04 Å². The van der Waals surface area contributed by atoms with Gasteiger partial charge in [0.05, 0.1) is 20.0 Å². The van der Waals surface area contributed by atoms with E-state index in [0.29, 0.717) is 6.61 Å². The summed E-state index contributed by atoms with van der Waals surface area (Å²) in [6.07, 6.45) is 10.2. The summed E-state index contributed by atoms with van der Waals surface area (Å²) in [5.41, 5.74) is 2.30. The molecule has 0 aliphatic rings. The lowest BCUT2D eigenvalue weighted by Gasteiger charge is -2.26. The van der Waals surface area contributed by atoms with Crippen LogP contribution < -0.4 is 9.47 Å². The van der Waals surface area contributed by atoms with Crippen LogP contribution in [-0.2, 0) is 13.1 Å². The lowest BCUT2D eigenvalue weighted by molar-refractivity contribution is 0.238. The van der Waals surface area contributed by atoms with Crippen molar-refractivity contribution in [2.24, 2.45) is 0 Å². The Bertz CT molecular complexity index is 837. The van der Waals surface area contributed by atoms with Gasteiger partial charge in [-0.1, -0.05) is 18.2 Å². The molecule has 0 unspecified atom stereocenters. The molecule has 0 N–H and O–H groups in total. The van der Waals surface area contributed by atoms with Gasteiger partial charge in [0.2, 0.25) is 0 Å². The van der Waals surface area contributed by atoms with Crippen LogP contribution in [0.15, 0.2) is 61.4 Å². The second-order valence-corrected chi connectivity index (χ2v) is 6.83. The monoisotopic (exact) mass is 380 g/mol. The zero-order valence-corrected chi connectivity index (χ0v) is 16.8. The molecule has 0 bridgehead atoms. The van der Waals surface area contributed by atoms with Gasteiger partial charge in [-0.15, -0.1) is 0 Å². The van der Waals surface area contributed by atoms with Gasteiger partial charge in [-0.3, -0.25) is 9.88 Å². The Morgan fingerprint density at radius 3 is 2.75 bits per heavy atom. The van der Waals surface area contributed by atoms with Gasteiger partial charge in [-0.05, 0) is 38.1 Å². The molecule has 6 heteroatoms. The normalized spacial score (nSPS) is 12.1. The van der Waals surface area contributed by atoms with Gasteiger partial charge in [0.25, 0.3) is 0 Å². The lowest BCUT2D eigenvalue weighted by Crippen LogP contribution is -2.22. The number of pyridine rings is 1. The van der Waals surface area contributed by atoms with Gasteiger partial charge in [-0.2, -0.15) is 0 Å². The number of ether oxygens (including phenoxy) is 2. The standard InChI is InChI=1S/C22H28N4O2/c1-18(19-8-5-10-23-15-19)25(2)16-20-7-4-9-21(27-3)22(20)28-14-6-12-26-13-11-24-17-26/h4-5,7-11,13,15,17-18H,6,12,14,16H2,1-3H3/t18-/m1/s1. The van der Waals surface area contributed by atoms with Crippen LogP contribution in [0.25, 0.3) is 0 Å². The van der Waals surface area contributed by atoms with Gasteiger partial charge >= 0.3 is 0 Å². The first-order chi connectivity index (χ1) is 13.7. The fourth-order valence-electron chi connectivity index (χ4n) is 3.13. The average Bonchev–Trinajstić information content (AvgIpc) is 3.25. The summed E-state index contributed by atoms with van der Waals surface area (Å²) in [6.45, 7) is 4.43. The summed E-state index contributed by atoms with van der Waals surface area (Å²) < 4.78 is 13.7. The van der Waals surface area contributed by atoms with Crippen LogP contribution in [0.4, 0.5) is 0 Å². The third-order valence-corrected chi connectivity index (χ3v) is 4.89. The molecule has 3 aromatic rings. The molecule has 1 atom stereocenters. The number of hydrogen-bond donors (Lipinski definition) is 0. The molecule has 3 rings (SSSR count). The van der Waals surface area contributed by atoms with Crippen LogP contribution in [0.2, 0.25) is 0 Å². The summed E-state index contributed by atoms with van der Waals surface area (Å²) in [5, 5.41) is 0. The largest absolute Gasteiger partial charge is 0.493 e. The predicted molar refractivity (Wildman–Crippen MR) is 109 cm³/mol. The molecule has 0 aliphatic heterocycles. The Morgan fingerprint density at radius 2 is 2.04 bits per heavy atom. The van der Waals surface area contributed by atoms with Gasteiger partial charge in [-0.25, -0.2) is 4.98 Å². The van der Waals surface area contributed by atoms with E-state index in [1.54, 1.807) is 19.5 Å². The lowest BCUT2D eigenvalue weighted by atomic mass is 10.1. The first-order valence-electron chi connectivity index (χ1n) is 9.53. The molecule has 0 saturated carbocycles. The summed E-state index contributed by atoms with van der Waals surface area (Å²) in [5.74, 6) is 1.59. The Hall–Kier alpha value is -2.86. The maximum absolute atomic E-state index is 6.15. The van der Waals surface area contributed by atoms with Crippen LogP contribution in [0, 0.1) is 0 Å². The summed E-state index contributed by atoms with van der Waals surface area (Å²) >= 11 is 0. The van der Waals surface area contributed by atoms with Crippen LogP contribution in [-0.4, -0.2) is 40.2 Å². The molecule has 0 aliphatic carbocycles. The molecule has 0 fully saturated rings. The number of aryl methyl sites for hydroxylation is 1. The van der Waals surface area contributed by atoms with Crippen molar-refractivity contribution in [3.63, 3.8) is 0 Å². The second-order valence-electron chi connectivity index (χ2n) is 6.83. The number of imidazole rings is 1. The van der Waals surface area contributed by atoms with Crippen molar-refractivity contribution in [2.75, 3.05) is 20.8 Å². The van der Waals surface area contributed by atoms with E-state index in [0.717, 1.165) is 36.6 Å². The highest BCUT2D eigenvalue weighted by atomic mass is 16.5. The number of hydrogen-bond acceptors (Lipinski definition) is 5. The summed E-state index contributed by atoms with van der Waals surface area (Å²) in [7, 11) is 3.79. The summed E-state index contributed by atoms with van der Waals surface area (Å²) in [6, 6.07) is 10.4. The van der Waals surface area contributed by atoms with Gasteiger partial charge in [0.15, 0.2) is 11.5 Å². The van der Waals surface area contributed by atoms with Crippen molar-refractivity contribution >= 4 is 0 Å². The third kappa shape index (κ3) is 5.10. The molecular formula is C22H28N4O2. The number of benzene rings is 1. The zero-order chi connectivity index (χ0) is 19.8. The first kappa shape index (κ1) is 19.9. The van der Waals surface area contributed by atoms with E-state index < -0.39 is 0 Å². The number of para-hydroxylation sites is 1. The molecule has 0 spiro atoms. The SMILES string of the molecule is COc1cccc(CN(C)[C@H](C)c2cccnc2)c1OCCCn1ccnc1. The Labute approximate surface area is 166 Å². The topological polar surface area (TPSA) is 52.4 Å². The van der Waals surface area contributed by atoms with Gasteiger partial charge in [0, 0.05) is 49.5 Å². The van der Waals surface area contributed by atoms with E-state index in [2.05, 4.69) is 45.5 Å². The van der Waals surface area contributed by atoms with E-state index in [9.17, 15) is 0 Å². The number of methoxy groups -OCH3 is 1. The van der Waals surface area contributed by atoms with Crippen molar-refractivity contribution in [3.05, 3.63) is 72.6 Å². The molecule has 2 aromatic heterocycles. The van der Waals surface area contributed by atoms with Crippen LogP contribution in [0.5, 0.6) is 11.5 Å². The van der Waals surface area contributed by atoms with E-state index in [1.165, 1.54) is 5.56 Å². The Morgan fingerprint density at radius 1 is 1.14 bits per heavy atom. The maximum Gasteiger partial charge on any atom is 0.165 e. The van der Waals surface area contributed by atoms with E-state index in [4.69, 9.17) is 9.47 Å². The second kappa shape index (κ2) is 9.90. The molecular weight excluding hydrogens is 352 g/mol. The molecule has 28 heavy (non-hydrogen) atoms. The van der Waals surface area contributed by atoms with E-state index in [1.807, 2.05) is 36.9 Å². The third-order valence-electron chi connectivity index (χ3n) is 4.89. The highest BCUT2D eigenvalue weighted by Crippen LogP contribution is 2.33. The van der Waals surface area contributed by atoms with Crippen molar-refractivity contribution < 1.29 is 9.47 Å². The predicted octanol–water partition coefficient (Wildman–Crippen LogP) is 3.95. The molecule has 6 nitrogen and oxygen atoms in total. The van der Waals surface area contributed by atoms with Crippen molar-refractivity contribution in [1.82, 2.24) is 19.4 Å². The van der Waals surface area contributed by atoms with Crippen LogP contribution in [0.1, 0.15) is 30.5 Å². The van der Waals surface area contributed by atoms with Crippen molar-refractivity contribution in [1.29, 1.82) is 0 Å². The molecule has 148 valence electrons. The Balaban J connectivity index is 1.66. The van der Waals surface area contributed by atoms with Gasteiger partial charge in [0.1, 0.15) is 0 Å². The minimum Gasteiger partial charge on any atom is -0.493 e. The molecule has 2 heterocycles. The maximum atomic E-state index is 6.15. The van der Waals surface area contributed by atoms with Crippen molar-refractivity contribution in [3.8, 4) is 11.5 Å². The quantitative estimate of drug-likeness (QED) is 0.499. The fourth-order valence-corrected chi connectivity index (χ4v) is 3.13. The smallest absolute Gasteiger partial charge is 0.165 e. The summed E-state index contributed by atoms with van der Waals surface area (Å²) in [4.78, 5) is 10.6. The van der Waals surface area contributed by atoms with Gasteiger partial charge < -0.3 is 14.0 Å². The van der Waals surface area contributed by atoms with Crippen LogP contribution in [0.3, 0.4) is 0 Å². The molecule has 0 radical (unpaired) electrons. The Kier molecular flexibility index (Phi) is 7.03. The number of nitrogens with zero attached hydrogens (tertiary/aromatic N) is 4. The highest BCUT2D eigenvalue weighted by molar-refractivity contribution is 5.46. The average molecular weight is 380 g/mol. The minimum absolute atomic E-state index is 0.244. The number of rotatable bonds is 10. The van der Waals surface area contributed by atoms with Crippen molar-refractivity contribution in [2.45, 2.75) is 32.5 Å². The zero-order valence-electron chi connectivity index (χ0n) is 16.8. The van der Waals surface area contributed by atoms with E-state index >= 15 is 0 Å². The van der Waals surface area contributed by atoms with Crippen LogP contribution >= 0.6 is 0 Å². The highest BCUT2D eigenvalue weighted by Gasteiger charge is 2.17. The minimum atomic E-state index is 0.244. The molecule has 0 amide bonds. The first-order valence-corrected chi connectivity index (χ1v) is 9.53. The number of aromatic nitrogens is 3. The molecule has 0 saturated heterocycles.